The van der Waals surface area contributed by atoms with E-state index in [-0.39, 0.29) is 0 Å². The lowest BCUT2D eigenvalue weighted by molar-refractivity contribution is 0.0903. The average molecular weight is 259 g/mol. The smallest absolute Gasteiger partial charge is 0.119 e. The lowest BCUT2D eigenvalue weighted by atomic mass is 10.1. The lowest BCUT2D eigenvalue weighted by Crippen LogP contribution is -2.10. The Morgan fingerprint density at radius 1 is 1.47 bits per heavy atom. The van der Waals surface area contributed by atoms with Crippen LogP contribution in [0.5, 0.6) is 5.75 Å². The number of benzene rings is 1. The van der Waals surface area contributed by atoms with E-state index in [1.807, 2.05) is 25.1 Å². The van der Waals surface area contributed by atoms with E-state index < -0.39 is 0 Å². The molecule has 1 aliphatic heterocycles. The molecular formula is C16H21NO2. The number of hydrogen-bond donors (Lipinski definition) is 1. The minimum Gasteiger partial charge on any atom is -0.493 e. The largest absolute Gasteiger partial charge is 0.493 e. The van der Waals surface area contributed by atoms with Gasteiger partial charge in [-0.15, -0.1) is 0 Å². The van der Waals surface area contributed by atoms with Crippen LogP contribution in [0.25, 0.3) is 0 Å². The van der Waals surface area contributed by atoms with Crippen LogP contribution in [-0.2, 0) is 4.74 Å². The van der Waals surface area contributed by atoms with Crippen molar-refractivity contribution >= 4 is 0 Å². The van der Waals surface area contributed by atoms with Crippen LogP contribution in [0.2, 0.25) is 0 Å². The van der Waals surface area contributed by atoms with Gasteiger partial charge in [-0.2, -0.15) is 0 Å². The molecule has 19 heavy (non-hydrogen) atoms. The van der Waals surface area contributed by atoms with Crippen LogP contribution in [0.4, 0.5) is 0 Å². The van der Waals surface area contributed by atoms with Crippen LogP contribution >= 0.6 is 0 Å². The van der Waals surface area contributed by atoms with E-state index in [0.717, 1.165) is 36.3 Å². The van der Waals surface area contributed by atoms with E-state index in [9.17, 15) is 0 Å². The molecule has 3 nitrogen and oxygen atoms in total. The second-order valence-corrected chi connectivity index (χ2v) is 4.75. The second-order valence-electron chi connectivity index (χ2n) is 4.75. The van der Waals surface area contributed by atoms with Crippen LogP contribution in [0.3, 0.4) is 0 Å². The van der Waals surface area contributed by atoms with E-state index in [1.54, 1.807) is 0 Å². The van der Waals surface area contributed by atoms with Crippen molar-refractivity contribution in [2.45, 2.75) is 32.3 Å². The van der Waals surface area contributed by atoms with E-state index >= 15 is 0 Å². The molecule has 0 spiro atoms. The maximum Gasteiger partial charge on any atom is 0.119 e. The molecule has 1 saturated heterocycles. The Morgan fingerprint density at radius 2 is 2.37 bits per heavy atom. The van der Waals surface area contributed by atoms with Gasteiger partial charge in [0, 0.05) is 18.6 Å². The molecule has 1 aromatic rings. The predicted molar refractivity (Wildman–Crippen MR) is 76.2 cm³/mol. The quantitative estimate of drug-likeness (QED) is 0.843. The van der Waals surface area contributed by atoms with Crippen molar-refractivity contribution in [2.24, 2.45) is 5.73 Å². The number of aryl methyl sites for hydroxylation is 1. The summed E-state index contributed by atoms with van der Waals surface area (Å²) < 4.78 is 11.3. The molecule has 1 aliphatic rings. The molecule has 2 rings (SSSR count). The highest BCUT2D eigenvalue weighted by Crippen LogP contribution is 2.19. The molecule has 0 radical (unpaired) electrons. The molecule has 0 amide bonds. The van der Waals surface area contributed by atoms with Crippen molar-refractivity contribution in [1.29, 1.82) is 0 Å². The predicted octanol–water partition coefficient (Wildman–Crippen LogP) is 2.25. The minimum absolute atomic E-state index is 0.385. The third-order valence-electron chi connectivity index (χ3n) is 3.26. The van der Waals surface area contributed by atoms with Crippen molar-refractivity contribution in [3.05, 3.63) is 29.3 Å². The van der Waals surface area contributed by atoms with Gasteiger partial charge in [-0.25, -0.2) is 0 Å². The van der Waals surface area contributed by atoms with Crippen molar-refractivity contribution in [2.75, 3.05) is 19.8 Å². The minimum atomic E-state index is 0.385. The molecule has 102 valence electrons. The van der Waals surface area contributed by atoms with Crippen molar-refractivity contribution in [3.63, 3.8) is 0 Å². The van der Waals surface area contributed by atoms with Gasteiger partial charge in [0.15, 0.2) is 0 Å². The molecule has 3 heteroatoms. The van der Waals surface area contributed by atoms with Gasteiger partial charge in [0.2, 0.25) is 0 Å². The van der Waals surface area contributed by atoms with Gasteiger partial charge in [-0.05, 0) is 43.5 Å². The first kappa shape index (κ1) is 13.9. The van der Waals surface area contributed by atoms with Gasteiger partial charge in [0.25, 0.3) is 0 Å². The highest BCUT2D eigenvalue weighted by Gasteiger charge is 2.14. The molecule has 2 N–H and O–H groups in total. The summed E-state index contributed by atoms with van der Waals surface area (Å²) in [4.78, 5) is 0. The third-order valence-corrected chi connectivity index (χ3v) is 3.26. The Kier molecular flexibility index (Phi) is 5.26. The van der Waals surface area contributed by atoms with E-state index in [2.05, 4.69) is 11.8 Å². The van der Waals surface area contributed by atoms with E-state index in [4.69, 9.17) is 15.2 Å². The summed E-state index contributed by atoms with van der Waals surface area (Å²) in [7, 11) is 0. The molecule has 1 aromatic carbocycles. The summed E-state index contributed by atoms with van der Waals surface area (Å²) in [6.45, 7) is 4.03. The van der Waals surface area contributed by atoms with Crippen molar-refractivity contribution in [1.82, 2.24) is 0 Å². The standard InChI is InChI=1S/C16H21NO2/c1-13-12-16(7-6-14(13)4-2-9-17)19-11-8-15-5-3-10-18-15/h6-7,12,15H,3,5,8-11,17H2,1H3. The Hall–Kier alpha value is -1.50. The summed E-state index contributed by atoms with van der Waals surface area (Å²) in [5.74, 6) is 6.81. The molecule has 1 fully saturated rings. The van der Waals surface area contributed by atoms with Crippen LogP contribution in [0, 0.1) is 18.8 Å². The number of nitrogens with two attached hydrogens (primary N) is 1. The molecule has 0 saturated carbocycles. The first-order valence-corrected chi connectivity index (χ1v) is 6.83. The summed E-state index contributed by atoms with van der Waals surface area (Å²) in [5.41, 5.74) is 7.50. The maximum absolute atomic E-state index is 5.76. The zero-order chi connectivity index (χ0) is 13.5. The summed E-state index contributed by atoms with van der Waals surface area (Å²) in [6, 6.07) is 5.97. The number of hydrogen-bond acceptors (Lipinski definition) is 3. The summed E-state index contributed by atoms with van der Waals surface area (Å²) in [6.07, 6.45) is 3.69. The molecule has 1 atom stereocenters. The summed E-state index contributed by atoms with van der Waals surface area (Å²) in [5, 5.41) is 0. The number of rotatable bonds is 4. The van der Waals surface area contributed by atoms with Gasteiger partial charge in [-0.1, -0.05) is 11.8 Å². The first-order chi connectivity index (χ1) is 9.29. The summed E-state index contributed by atoms with van der Waals surface area (Å²) >= 11 is 0. The maximum atomic E-state index is 5.76. The molecule has 0 bridgehead atoms. The van der Waals surface area contributed by atoms with Crippen LogP contribution in [-0.4, -0.2) is 25.9 Å². The lowest BCUT2D eigenvalue weighted by Gasteiger charge is -2.11. The third kappa shape index (κ3) is 4.27. The van der Waals surface area contributed by atoms with Gasteiger partial charge < -0.3 is 15.2 Å². The van der Waals surface area contributed by atoms with Crippen LogP contribution < -0.4 is 10.5 Å². The molecule has 0 aromatic heterocycles. The zero-order valence-corrected chi connectivity index (χ0v) is 11.4. The van der Waals surface area contributed by atoms with Gasteiger partial charge in [0.05, 0.1) is 19.3 Å². The SMILES string of the molecule is Cc1cc(OCCC2CCCO2)ccc1C#CCN. The topological polar surface area (TPSA) is 44.5 Å². The normalized spacial score (nSPS) is 17.9. The fourth-order valence-corrected chi connectivity index (χ4v) is 2.19. The second kappa shape index (κ2) is 7.18. The molecule has 0 aliphatic carbocycles. The van der Waals surface area contributed by atoms with E-state index in [1.165, 1.54) is 6.42 Å². The van der Waals surface area contributed by atoms with Crippen molar-refractivity contribution in [3.8, 4) is 17.6 Å². The van der Waals surface area contributed by atoms with Crippen molar-refractivity contribution < 1.29 is 9.47 Å². The van der Waals surface area contributed by atoms with Crippen LogP contribution in [0.15, 0.2) is 18.2 Å². The zero-order valence-electron chi connectivity index (χ0n) is 11.4. The fraction of sp³-hybridized carbons (Fsp3) is 0.500. The van der Waals surface area contributed by atoms with Crippen LogP contribution in [0.1, 0.15) is 30.4 Å². The Labute approximate surface area is 115 Å². The fourth-order valence-electron chi connectivity index (χ4n) is 2.19. The first-order valence-electron chi connectivity index (χ1n) is 6.83. The van der Waals surface area contributed by atoms with Gasteiger partial charge in [0.1, 0.15) is 5.75 Å². The van der Waals surface area contributed by atoms with E-state index in [0.29, 0.717) is 19.3 Å². The highest BCUT2D eigenvalue weighted by atomic mass is 16.5. The Balaban J connectivity index is 1.85. The Morgan fingerprint density at radius 3 is 3.05 bits per heavy atom. The molecule has 1 heterocycles. The highest BCUT2D eigenvalue weighted by molar-refractivity contribution is 5.44. The van der Waals surface area contributed by atoms with Gasteiger partial charge in [-0.3, -0.25) is 0 Å². The molecule has 1 unspecified atom stereocenters. The average Bonchev–Trinajstić information content (AvgIpc) is 2.91. The molecular weight excluding hydrogens is 238 g/mol. The monoisotopic (exact) mass is 259 g/mol. The number of ether oxygens (including phenoxy) is 2. The Bertz CT molecular complexity index is 467. The van der Waals surface area contributed by atoms with Gasteiger partial charge >= 0.3 is 0 Å².